The van der Waals surface area contributed by atoms with Crippen LogP contribution in [0.15, 0.2) is 34.1 Å². The maximum absolute atomic E-state index is 12.5. The van der Waals surface area contributed by atoms with Gasteiger partial charge in [0.2, 0.25) is 0 Å². The van der Waals surface area contributed by atoms with E-state index in [-0.39, 0.29) is 27.2 Å². The van der Waals surface area contributed by atoms with E-state index in [9.17, 15) is 22.8 Å². The number of carboxylic acids is 1. The predicted octanol–water partition coefficient (Wildman–Crippen LogP) is 1.99. The number of hydrogen-bond acceptors (Lipinski definition) is 4. The van der Waals surface area contributed by atoms with Crippen LogP contribution in [0.5, 0.6) is 0 Å². The minimum atomic E-state index is -5.08. The third-order valence-corrected chi connectivity index (χ3v) is 4.66. The van der Waals surface area contributed by atoms with Gasteiger partial charge in [0, 0.05) is 11.1 Å². The van der Waals surface area contributed by atoms with E-state index in [0.717, 1.165) is 22.4 Å². The number of nitrogens with zero attached hydrogens (tertiary/aromatic N) is 1. The Morgan fingerprint density at radius 1 is 1.00 bits per heavy atom. The molecule has 0 bridgehead atoms. The average Bonchev–Trinajstić information content (AvgIpc) is 3.17. The van der Waals surface area contributed by atoms with Crippen molar-refractivity contribution in [2.45, 2.75) is 46.2 Å². The number of nitrogens with one attached hydrogen (secondary N) is 3. The van der Waals surface area contributed by atoms with Crippen LogP contribution in [0.2, 0.25) is 0 Å². The topological polar surface area (TPSA) is 132 Å². The Bertz CT molecular complexity index is 1420. The van der Waals surface area contributed by atoms with Crippen molar-refractivity contribution in [3.63, 3.8) is 0 Å². The van der Waals surface area contributed by atoms with Gasteiger partial charge in [-0.25, -0.2) is 9.78 Å². The molecule has 0 saturated carbocycles. The van der Waals surface area contributed by atoms with Gasteiger partial charge in [0.15, 0.2) is 0 Å². The Morgan fingerprint density at radius 3 is 2.03 bits per heavy atom. The van der Waals surface area contributed by atoms with Gasteiger partial charge in [-0.15, -0.1) is 0 Å². The lowest BCUT2D eigenvalue weighted by molar-refractivity contribution is -0.192. The molecule has 1 aromatic carbocycles. The first-order valence-corrected chi connectivity index (χ1v) is 10.1. The fourth-order valence-electron chi connectivity index (χ4n) is 2.92. The first-order valence-electron chi connectivity index (χ1n) is 10.1. The Morgan fingerprint density at radius 2 is 1.53 bits per heavy atom. The summed E-state index contributed by atoms with van der Waals surface area (Å²) in [6.07, 6.45) is -0.206. The molecule has 0 aliphatic carbocycles. The van der Waals surface area contributed by atoms with E-state index in [1.165, 1.54) is 0 Å². The largest absolute Gasteiger partial charge is 0.490 e. The van der Waals surface area contributed by atoms with E-state index in [4.69, 9.17) is 9.90 Å². The van der Waals surface area contributed by atoms with E-state index in [2.05, 4.69) is 19.9 Å². The molecule has 0 spiro atoms. The predicted molar refractivity (Wildman–Crippen MR) is 121 cm³/mol. The molecule has 0 radical (unpaired) electrons. The van der Waals surface area contributed by atoms with Crippen LogP contribution >= 0.6 is 0 Å². The third-order valence-electron chi connectivity index (χ3n) is 4.66. The molecule has 3 rings (SSSR count). The lowest BCUT2D eigenvalue weighted by Gasteiger charge is -2.16. The number of benzene rings is 1. The van der Waals surface area contributed by atoms with Gasteiger partial charge in [-0.1, -0.05) is 44.5 Å². The Balaban J connectivity index is 0.000000509. The molecule has 0 aliphatic heterocycles. The fraction of sp³-hybridized carbons (Fsp3) is 0.304. The zero-order valence-corrected chi connectivity index (χ0v) is 19.2. The number of halogens is 3. The SMILES string of the molecule is Cc1ccc(C)c(/C=c2\[nH]c(=O)/c(=C/c3nc[nH]c3C(C)(C)C)[nH]c2=O)c1.O=C(O)C(F)(F)F. The highest BCUT2D eigenvalue weighted by molar-refractivity contribution is 5.73. The monoisotopic (exact) mass is 478 g/mol. The molecule has 0 atom stereocenters. The van der Waals surface area contributed by atoms with E-state index in [1.807, 2.05) is 52.8 Å². The molecule has 0 fully saturated rings. The maximum Gasteiger partial charge on any atom is 0.490 e. The molecule has 0 saturated heterocycles. The van der Waals surface area contributed by atoms with Crippen LogP contribution in [-0.4, -0.2) is 37.2 Å². The van der Waals surface area contributed by atoms with Crippen LogP contribution in [0.3, 0.4) is 0 Å². The van der Waals surface area contributed by atoms with Crippen molar-refractivity contribution in [1.29, 1.82) is 0 Å². The molecular formula is C23H25F3N4O4. The summed E-state index contributed by atoms with van der Waals surface area (Å²) in [6, 6.07) is 5.97. The van der Waals surface area contributed by atoms with Crippen molar-refractivity contribution in [2.75, 3.05) is 0 Å². The van der Waals surface area contributed by atoms with Gasteiger partial charge in [-0.2, -0.15) is 13.2 Å². The van der Waals surface area contributed by atoms with Gasteiger partial charge in [-0.05, 0) is 37.1 Å². The summed E-state index contributed by atoms with van der Waals surface area (Å²) in [7, 11) is 0. The molecule has 11 heteroatoms. The van der Waals surface area contributed by atoms with Gasteiger partial charge in [-0.3, -0.25) is 9.59 Å². The molecule has 0 amide bonds. The van der Waals surface area contributed by atoms with Gasteiger partial charge in [0.1, 0.15) is 10.7 Å². The third kappa shape index (κ3) is 6.80. The summed E-state index contributed by atoms with van der Waals surface area (Å²) in [6.45, 7) is 10.1. The number of aliphatic carboxylic acids is 1. The van der Waals surface area contributed by atoms with E-state index in [0.29, 0.717) is 5.69 Å². The fourth-order valence-corrected chi connectivity index (χ4v) is 2.92. The lowest BCUT2D eigenvalue weighted by atomic mass is 9.90. The van der Waals surface area contributed by atoms with Crippen molar-refractivity contribution in [2.24, 2.45) is 0 Å². The standard InChI is InChI=1S/C21H24N4O2.C2HF3O2/c1-12-6-7-13(2)14(8-12)9-16-19(26)25-17(20(27)24-16)10-15-18(21(3,4)5)23-11-22-15;3-2(4,5)1(6)7/h6-11H,1-5H3,(H,22,23)(H,24,27)(H,25,26);(H,6,7)/b16-9-,17-10-;. The quantitative estimate of drug-likeness (QED) is 0.447. The number of aryl methyl sites for hydroxylation is 2. The maximum atomic E-state index is 12.5. The van der Waals surface area contributed by atoms with E-state index >= 15 is 0 Å². The number of hydrogen-bond donors (Lipinski definition) is 4. The smallest absolute Gasteiger partial charge is 0.475 e. The van der Waals surface area contributed by atoms with Gasteiger partial charge in [0.25, 0.3) is 11.1 Å². The molecule has 0 unspecified atom stereocenters. The van der Waals surface area contributed by atoms with Gasteiger partial charge < -0.3 is 20.1 Å². The highest BCUT2D eigenvalue weighted by Crippen LogP contribution is 2.22. The van der Waals surface area contributed by atoms with Crippen molar-refractivity contribution >= 4 is 18.1 Å². The van der Waals surface area contributed by atoms with Crippen molar-refractivity contribution in [3.05, 3.63) is 84.0 Å². The minimum Gasteiger partial charge on any atom is -0.475 e. The van der Waals surface area contributed by atoms with Crippen molar-refractivity contribution in [3.8, 4) is 0 Å². The van der Waals surface area contributed by atoms with Crippen LogP contribution in [0.1, 0.15) is 48.8 Å². The summed E-state index contributed by atoms with van der Waals surface area (Å²) < 4.78 is 31.7. The Labute approximate surface area is 191 Å². The number of imidazole rings is 1. The molecular weight excluding hydrogens is 453 g/mol. The first-order chi connectivity index (χ1) is 15.6. The molecule has 34 heavy (non-hydrogen) atoms. The number of carbonyl (C=O) groups is 1. The van der Waals surface area contributed by atoms with Gasteiger partial charge >= 0.3 is 12.1 Å². The normalized spacial score (nSPS) is 12.9. The summed E-state index contributed by atoms with van der Waals surface area (Å²) in [5, 5.41) is 7.53. The highest BCUT2D eigenvalue weighted by atomic mass is 19.4. The highest BCUT2D eigenvalue weighted by Gasteiger charge is 2.38. The molecule has 8 nitrogen and oxygen atoms in total. The second kappa shape index (κ2) is 9.94. The molecule has 4 N–H and O–H groups in total. The summed E-state index contributed by atoms with van der Waals surface area (Å²) in [5.74, 6) is -2.76. The number of aromatic nitrogens is 4. The Kier molecular flexibility index (Phi) is 7.71. The number of carboxylic acid groups (broad SMARTS) is 1. The van der Waals surface area contributed by atoms with Crippen molar-refractivity contribution < 1.29 is 23.1 Å². The Hall–Kier alpha value is -3.89. The number of alkyl halides is 3. The second-order valence-corrected chi connectivity index (χ2v) is 8.60. The lowest BCUT2D eigenvalue weighted by Crippen LogP contribution is -2.46. The number of H-pyrrole nitrogens is 3. The minimum absolute atomic E-state index is 0.161. The molecule has 0 aliphatic rings. The summed E-state index contributed by atoms with van der Waals surface area (Å²) in [5.41, 5.74) is 3.67. The summed E-state index contributed by atoms with van der Waals surface area (Å²) in [4.78, 5) is 46.6. The van der Waals surface area contributed by atoms with Crippen LogP contribution < -0.4 is 21.8 Å². The molecule has 2 heterocycles. The number of rotatable bonds is 2. The molecule has 2 aromatic heterocycles. The summed E-state index contributed by atoms with van der Waals surface area (Å²) >= 11 is 0. The van der Waals surface area contributed by atoms with Crippen LogP contribution in [0, 0.1) is 13.8 Å². The van der Waals surface area contributed by atoms with Crippen LogP contribution in [0.25, 0.3) is 12.2 Å². The van der Waals surface area contributed by atoms with E-state index in [1.54, 1.807) is 18.5 Å². The number of aromatic amines is 3. The second-order valence-electron chi connectivity index (χ2n) is 8.60. The average molecular weight is 478 g/mol. The molecule has 3 aromatic rings. The van der Waals surface area contributed by atoms with Crippen LogP contribution in [0.4, 0.5) is 13.2 Å². The zero-order valence-electron chi connectivity index (χ0n) is 19.2. The van der Waals surface area contributed by atoms with Crippen molar-refractivity contribution in [1.82, 2.24) is 19.9 Å². The first kappa shape index (κ1) is 26.4. The van der Waals surface area contributed by atoms with Gasteiger partial charge in [0.05, 0.1) is 12.0 Å². The zero-order chi connectivity index (χ0) is 25.8. The molecule has 182 valence electrons. The van der Waals surface area contributed by atoms with E-state index < -0.39 is 12.1 Å². The van der Waals surface area contributed by atoms with Crippen LogP contribution in [-0.2, 0) is 10.2 Å².